The summed E-state index contributed by atoms with van der Waals surface area (Å²) in [6.45, 7) is 3.01. The molecule has 19 heavy (non-hydrogen) atoms. The minimum Gasteiger partial charge on any atom is -0.492 e. The number of aromatic nitrogens is 2. The second kappa shape index (κ2) is 5.88. The number of nitrogens with zero attached hydrogens (tertiary/aromatic N) is 1. The highest BCUT2D eigenvalue weighted by Gasteiger charge is 2.10. The van der Waals surface area contributed by atoms with Gasteiger partial charge in [0.05, 0.1) is 25.7 Å². The molecule has 0 amide bonds. The van der Waals surface area contributed by atoms with Crippen LogP contribution in [0.25, 0.3) is 11.0 Å². The molecule has 2 aromatic rings. The Hall–Kier alpha value is -1.82. The Morgan fingerprint density at radius 3 is 2.95 bits per heavy atom. The van der Waals surface area contributed by atoms with Gasteiger partial charge in [0.2, 0.25) is 0 Å². The van der Waals surface area contributed by atoms with Gasteiger partial charge in [0.25, 0.3) is 0 Å². The molecule has 0 spiro atoms. The third kappa shape index (κ3) is 2.78. The number of para-hydroxylation sites is 1. The van der Waals surface area contributed by atoms with E-state index in [-0.39, 0.29) is 12.4 Å². The molecule has 0 aliphatic rings. The number of fused-ring (bicyclic) bond motifs is 1. The van der Waals surface area contributed by atoms with Crippen LogP contribution in [0.5, 0.6) is 5.75 Å². The number of methoxy groups -OCH3 is 1. The zero-order valence-electron chi connectivity index (χ0n) is 10.9. The summed E-state index contributed by atoms with van der Waals surface area (Å²) < 4.78 is 12.6. The smallest absolute Gasteiger partial charge is 0.307 e. The summed E-state index contributed by atoms with van der Waals surface area (Å²) in [5.41, 5.74) is 1.79. The zero-order valence-corrected chi connectivity index (χ0v) is 11.8. The maximum atomic E-state index is 11.2. The van der Waals surface area contributed by atoms with E-state index in [1.807, 2.05) is 29.7 Å². The Morgan fingerprint density at radius 2 is 2.26 bits per heavy atom. The first-order valence-corrected chi connectivity index (χ1v) is 6.49. The monoisotopic (exact) mass is 280 g/mol. The van der Waals surface area contributed by atoms with Gasteiger partial charge in [-0.2, -0.15) is 0 Å². The van der Waals surface area contributed by atoms with Crippen LogP contribution in [0.4, 0.5) is 0 Å². The number of rotatable bonds is 5. The van der Waals surface area contributed by atoms with Crippen LogP contribution in [0, 0.1) is 4.77 Å². The molecule has 0 bridgehead atoms. The lowest BCUT2D eigenvalue weighted by Gasteiger charge is -2.06. The maximum absolute atomic E-state index is 11.2. The van der Waals surface area contributed by atoms with Crippen molar-refractivity contribution in [3.8, 4) is 5.75 Å². The highest BCUT2D eigenvalue weighted by Crippen LogP contribution is 2.25. The van der Waals surface area contributed by atoms with Crippen molar-refractivity contribution in [2.45, 2.75) is 19.9 Å². The third-order valence-electron chi connectivity index (χ3n) is 2.84. The molecule has 0 fully saturated rings. The van der Waals surface area contributed by atoms with E-state index >= 15 is 0 Å². The van der Waals surface area contributed by atoms with Crippen molar-refractivity contribution in [2.75, 3.05) is 13.7 Å². The number of aromatic amines is 1. The number of carbonyl (C=O) groups is 1. The number of hydrogen-bond donors (Lipinski definition) is 1. The molecule has 0 atom stereocenters. The average molecular weight is 280 g/mol. The molecule has 102 valence electrons. The summed E-state index contributed by atoms with van der Waals surface area (Å²) in [6, 6.07) is 5.74. The summed E-state index contributed by atoms with van der Waals surface area (Å²) in [6.07, 6.45) is 0.288. The predicted molar refractivity (Wildman–Crippen MR) is 74.9 cm³/mol. The fraction of sp³-hybridized carbons (Fsp3) is 0.385. The van der Waals surface area contributed by atoms with Crippen LogP contribution < -0.4 is 4.74 Å². The molecule has 5 nitrogen and oxygen atoms in total. The van der Waals surface area contributed by atoms with Crippen molar-refractivity contribution in [3.63, 3.8) is 0 Å². The van der Waals surface area contributed by atoms with Gasteiger partial charge < -0.3 is 19.0 Å². The van der Waals surface area contributed by atoms with E-state index in [1.54, 1.807) is 0 Å². The molecule has 0 saturated carbocycles. The summed E-state index contributed by atoms with van der Waals surface area (Å²) >= 11 is 5.28. The quantitative estimate of drug-likeness (QED) is 0.676. The van der Waals surface area contributed by atoms with Gasteiger partial charge in [0, 0.05) is 6.54 Å². The van der Waals surface area contributed by atoms with Crippen molar-refractivity contribution in [2.24, 2.45) is 0 Å². The number of imidazole rings is 1. The van der Waals surface area contributed by atoms with E-state index in [0.717, 1.165) is 16.8 Å². The van der Waals surface area contributed by atoms with E-state index < -0.39 is 0 Å². The number of H-pyrrole nitrogens is 1. The first-order chi connectivity index (χ1) is 9.17. The van der Waals surface area contributed by atoms with Crippen LogP contribution >= 0.6 is 12.2 Å². The highest BCUT2D eigenvalue weighted by molar-refractivity contribution is 7.71. The number of nitrogens with one attached hydrogen (secondary N) is 1. The Kier molecular flexibility index (Phi) is 4.21. The normalized spacial score (nSPS) is 10.6. The van der Waals surface area contributed by atoms with Crippen molar-refractivity contribution in [1.29, 1.82) is 0 Å². The van der Waals surface area contributed by atoms with E-state index in [4.69, 9.17) is 17.0 Å². The highest BCUT2D eigenvalue weighted by atomic mass is 32.1. The van der Waals surface area contributed by atoms with Gasteiger partial charge in [-0.05, 0) is 31.3 Å². The fourth-order valence-electron chi connectivity index (χ4n) is 1.96. The molecule has 1 aromatic carbocycles. The van der Waals surface area contributed by atoms with Crippen LogP contribution in [-0.2, 0) is 16.1 Å². The molecule has 0 aliphatic heterocycles. The van der Waals surface area contributed by atoms with Gasteiger partial charge in [-0.1, -0.05) is 6.07 Å². The summed E-state index contributed by atoms with van der Waals surface area (Å²) in [7, 11) is 1.38. The Labute approximate surface area is 116 Å². The summed E-state index contributed by atoms with van der Waals surface area (Å²) in [4.78, 5) is 14.3. The number of benzene rings is 1. The summed E-state index contributed by atoms with van der Waals surface area (Å²) in [5, 5.41) is 0. The minimum atomic E-state index is -0.253. The van der Waals surface area contributed by atoms with Crippen molar-refractivity contribution in [1.82, 2.24) is 9.55 Å². The zero-order chi connectivity index (χ0) is 13.8. The van der Waals surface area contributed by atoms with E-state index in [1.165, 1.54) is 7.11 Å². The van der Waals surface area contributed by atoms with Crippen molar-refractivity contribution in [3.05, 3.63) is 23.0 Å². The molecule has 6 heteroatoms. The van der Waals surface area contributed by atoms with Crippen LogP contribution in [-0.4, -0.2) is 29.2 Å². The molecule has 0 radical (unpaired) electrons. The molecule has 0 saturated heterocycles. The van der Waals surface area contributed by atoms with Crippen LogP contribution in [0.3, 0.4) is 0 Å². The standard InChI is InChI=1S/C13H16N2O3S/c1-3-18-10-6-4-5-9-12(10)14-13(19)15(9)8-7-11(16)17-2/h4-6H,3,7-8H2,1-2H3,(H,14,19). The molecular weight excluding hydrogens is 264 g/mol. The summed E-state index contributed by atoms with van der Waals surface area (Å²) in [5.74, 6) is 0.514. The van der Waals surface area contributed by atoms with Gasteiger partial charge in [-0.15, -0.1) is 0 Å². The molecule has 2 rings (SSSR count). The fourth-order valence-corrected chi connectivity index (χ4v) is 2.25. The lowest BCUT2D eigenvalue weighted by Crippen LogP contribution is -2.07. The SMILES string of the molecule is CCOc1cccc2c1[nH]c(=S)n2CCC(=O)OC. The molecule has 0 aliphatic carbocycles. The van der Waals surface area contributed by atoms with Gasteiger partial charge in [0.15, 0.2) is 4.77 Å². The lowest BCUT2D eigenvalue weighted by atomic mass is 10.3. The largest absolute Gasteiger partial charge is 0.492 e. The average Bonchev–Trinajstić information content (AvgIpc) is 2.73. The van der Waals surface area contributed by atoms with E-state index in [9.17, 15) is 4.79 Å². The molecular formula is C13H16N2O3S. The number of aryl methyl sites for hydroxylation is 1. The maximum Gasteiger partial charge on any atom is 0.307 e. The first-order valence-electron chi connectivity index (χ1n) is 6.08. The first kappa shape index (κ1) is 13.6. The lowest BCUT2D eigenvalue weighted by molar-refractivity contribution is -0.140. The number of carbonyl (C=O) groups excluding carboxylic acids is 1. The van der Waals surface area contributed by atoms with Gasteiger partial charge in [-0.3, -0.25) is 4.79 Å². The second-order valence-electron chi connectivity index (χ2n) is 3.99. The Bertz CT molecular complexity index is 645. The third-order valence-corrected chi connectivity index (χ3v) is 3.16. The molecule has 1 heterocycles. The van der Waals surface area contributed by atoms with Gasteiger partial charge in [-0.25, -0.2) is 0 Å². The number of hydrogen-bond acceptors (Lipinski definition) is 4. The van der Waals surface area contributed by atoms with Gasteiger partial charge in [0.1, 0.15) is 11.3 Å². The van der Waals surface area contributed by atoms with Gasteiger partial charge >= 0.3 is 5.97 Å². The predicted octanol–water partition coefficient (Wildman–Crippen LogP) is 2.66. The molecule has 1 aromatic heterocycles. The van der Waals surface area contributed by atoms with E-state index in [2.05, 4.69) is 9.72 Å². The number of ether oxygens (including phenoxy) is 2. The molecule has 0 unspecified atom stereocenters. The Morgan fingerprint density at radius 1 is 1.47 bits per heavy atom. The topological polar surface area (TPSA) is 56.2 Å². The second-order valence-corrected chi connectivity index (χ2v) is 4.38. The van der Waals surface area contributed by atoms with Crippen molar-refractivity contribution >= 4 is 29.2 Å². The Balaban J connectivity index is 2.39. The van der Waals surface area contributed by atoms with Crippen LogP contribution in [0.2, 0.25) is 0 Å². The van der Waals surface area contributed by atoms with Crippen molar-refractivity contribution < 1.29 is 14.3 Å². The van der Waals surface area contributed by atoms with Crippen LogP contribution in [0.15, 0.2) is 18.2 Å². The molecule has 1 N–H and O–H groups in total. The number of esters is 1. The minimum absolute atomic E-state index is 0.253. The van der Waals surface area contributed by atoms with Crippen LogP contribution in [0.1, 0.15) is 13.3 Å². The van der Waals surface area contributed by atoms with E-state index in [0.29, 0.717) is 17.9 Å².